The van der Waals surface area contributed by atoms with E-state index in [1.165, 1.54) is 11.3 Å². The van der Waals surface area contributed by atoms with Gasteiger partial charge < -0.3 is 0 Å². The summed E-state index contributed by atoms with van der Waals surface area (Å²) in [6.45, 7) is 0. The van der Waals surface area contributed by atoms with Gasteiger partial charge in [-0.05, 0) is 6.07 Å². The molecule has 0 radical (unpaired) electrons. The Balaban J connectivity index is 2.91. The second-order valence-electron chi connectivity index (χ2n) is 1.87. The van der Waals surface area contributed by atoms with E-state index in [2.05, 4.69) is 0 Å². The van der Waals surface area contributed by atoms with Crippen LogP contribution in [0.1, 0.15) is 15.2 Å². The number of rotatable bonds is 2. The first-order chi connectivity index (χ1) is 5.27. The molecule has 1 rings (SSSR count). The molecular weight excluding hydrogens is 182 g/mol. The Hall–Kier alpha value is -0.850. The van der Waals surface area contributed by atoms with E-state index in [9.17, 15) is 4.79 Å². The molecule has 0 saturated carbocycles. The number of halogens is 1. The molecule has 0 aliphatic heterocycles. The van der Waals surface area contributed by atoms with Crippen LogP contribution in [-0.4, -0.2) is 11.7 Å². The molecule has 0 aromatic carbocycles. The SMILES string of the molecule is N#Cc1csc(C(=O)CCl)c1. The fraction of sp³-hybridized carbons (Fsp3) is 0.143. The van der Waals surface area contributed by atoms with Gasteiger partial charge in [0.05, 0.1) is 16.3 Å². The van der Waals surface area contributed by atoms with Gasteiger partial charge in [-0.3, -0.25) is 4.79 Å². The van der Waals surface area contributed by atoms with Gasteiger partial charge in [-0.2, -0.15) is 5.26 Å². The second kappa shape index (κ2) is 3.51. The van der Waals surface area contributed by atoms with Crippen LogP contribution in [0, 0.1) is 11.3 Å². The maximum absolute atomic E-state index is 10.9. The van der Waals surface area contributed by atoms with Gasteiger partial charge in [-0.15, -0.1) is 22.9 Å². The first-order valence-electron chi connectivity index (χ1n) is 2.85. The molecule has 56 valence electrons. The molecule has 0 saturated heterocycles. The van der Waals surface area contributed by atoms with Gasteiger partial charge in [0.2, 0.25) is 0 Å². The number of alkyl halides is 1. The van der Waals surface area contributed by atoms with Crippen LogP contribution in [0.2, 0.25) is 0 Å². The molecule has 1 heterocycles. The first-order valence-corrected chi connectivity index (χ1v) is 4.27. The predicted octanol–water partition coefficient (Wildman–Crippen LogP) is 2.04. The van der Waals surface area contributed by atoms with Gasteiger partial charge in [-0.25, -0.2) is 0 Å². The Labute approximate surface area is 73.0 Å². The highest BCUT2D eigenvalue weighted by molar-refractivity contribution is 7.12. The second-order valence-corrected chi connectivity index (χ2v) is 3.05. The third-order valence-electron chi connectivity index (χ3n) is 1.12. The van der Waals surface area contributed by atoms with Gasteiger partial charge in [0.1, 0.15) is 6.07 Å². The van der Waals surface area contributed by atoms with Crippen LogP contribution in [0.5, 0.6) is 0 Å². The molecule has 0 fully saturated rings. The molecule has 0 aliphatic rings. The number of thiophene rings is 1. The van der Waals surface area contributed by atoms with Crippen molar-refractivity contribution in [3.8, 4) is 6.07 Å². The van der Waals surface area contributed by atoms with Gasteiger partial charge in [-0.1, -0.05) is 0 Å². The number of carbonyl (C=O) groups is 1. The lowest BCUT2D eigenvalue weighted by Gasteiger charge is -1.85. The summed E-state index contributed by atoms with van der Waals surface area (Å²) in [6.07, 6.45) is 0. The van der Waals surface area contributed by atoms with Crippen molar-refractivity contribution in [2.24, 2.45) is 0 Å². The van der Waals surface area contributed by atoms with E-state index < -0.39 is 0 Å². The van der Waals surface area contributed by atoms with E-state index >= 15 is 0 Å². The zero-order valence-corrected chi connectivity index (χ0v) is 7.08. The highest BCUT2D eigenvalue weighted by Crippen LogP contribution is 2.14. The summed E-state index contributed by atoms with van der Waals surface area (Å²) in [6, 6.07) is 3.49. The monoisotopic (exact) mass is 185 g/mol. The molecule has 1 aromatic heterocycles. The number of ketones is 1. The summed E-state index contributed by atoms with van der Waals surface area (Å²) in [4.78, 5) is 11.5. The topological polar surface area (TPSA) is 40.9 Å². The minimum Gasteiger partial charge on any atom is -0.292 e. The van der Waals surface area contributed by atoms with Crippen molar-refractivity contribution in [2.75, 3.05) is 5.88 Å². The standard InChI is InChI=1S/C7H4ClNOS/c8-2-6(10)7-1-5(3-9)4-11-7/h1,4H,2H2. The van der Waals surface area contributed by atoms with Crippen molar-refractivity contribution in [3.05, 3.63) is 21.9 Å². The maximum atomic E-state index is 10.9. The Morgan fingerprint density at radius 1 is 1.82 bits per heavy atom. The average molecular weight is 186 g/mol. The number of nitrogens with zero attached hydrogens (tertiary/aromatic N) is 1. The number of hydrogen-bond acceptors (Lipinski definition) is 3. The molecular formula is C7H4ClNOS. The molecule has 0 amide bonds. The highest BCUT2D eigenvalue weighted by Gasteiger charge is 2.06. The molecule has 0 unspecified atom stereocenters. The minimum absolute atomic E-state index is 0.0224. The van der Waals surface area contributed by atoms with Crippen molar-refractivity contribution in [3.63, 3.8) is 0 Å². The molecule has 2 nitrogen and oxygen atoms in total. The number of nitriles is 1. The molecule has 0 bridgehead atoms. The zero-order valence-electron chi connectivity index (χ0n) is 5.50. The summed E-state index contributed by atoms with van der Waals surface area (Å²) in [5.74, 6) is -0.149. The highest BCUT2D eigenvalue weighted by atomic mass is 35.5. The Bertz CT molecular complexity index is 312. The van der Waals surface area contributed by atoms with E-state index in [1.54, 1.807) is 11.4 Å². The van der Waals surface area contributed by atoms with Gasteiger partial charge in [0, 0.05) is 5.38 Å². The third-order valence-corrected chi connectivity index (χ3v) is 2.34. The number of hydrogen-bond donors (Lipinski definition) is 0. The van der Waals surface area contributed by atoms with Crippen LogP contribution in [0.4, 0.5) is 0 Å². The molecule has 11 heavy (non-hydrogen) atoms. The van der Waals surface area contributed by atoms with Crippen molar-refractivity contribution in [1.29, 1.82) is 5.26 Å². The van der Waals surface area contributed by atoms with Crippen LogP contribution in [0.25, 0.3) is 0 Å². The smallest absolute Gasteiger partial charge is 0.187 e. The average Bonchev–Trinajstić information content (AvgIpc) is 2.50. The summed E-state index contributed by atoms with van der Waals surface area (Å²) < 4.78 is 0. The van der Waals surface area contributed by atoms with Gasteiger partial charge in [0.25, 0.3) is 0 Å². The van der Waals surface area contributed by atoms with E-state index in [1.807, 2.05) is 6.07 Å². The summed E-state index contributed by atoms with van der Waals surface area (Å²) >= 11 is 6.56. The van der Waals surface area contributed by atoms with Crippen molar-refractivity contribution in [2.45, 2.75) is 0 Å². The lowest BCUT2D eigenvalue weighted by atomic mass is 10.3. The molecule has 0 spiro atoms. The first kappa shape index (κ1) is 8.25. The molecule has 0 atom stereocenters. The predicted molar refractivity (Wildman–Crippen MR) is 44.1 cm³/mol. The van der Waals surface area contributed by atoms with Crippen LogP contribution < -0.4 is 0 Å². The Morgan fingerprint density at radius 3 is 3.00 bits per heavy atom. The quantitative estimate of drug-likeness (QED) is 0.523. The van der Waals surface area contributed by atoms with Crippen LogP contribution in [0.15, 0.2) is 11.4 Å². The maximum Gasteiger partial charge on any atom is 0.187 e. The molecule has 1 aromatic rings. The normalized spacial score (nSPS) is 9.09. The Kier molecular flexibility index (Phi) is 2.64. The molecule has 0 aliphatic carbocycles. The fourth-order valence-corrected chi connectivity index (χ4v) is 1.60. The largest absolute Gasteiger partial charge is 0.292 e. The Morgan fingerprint density at radius 2 is 2.55 bits per heavy atom. The van der Waals surface area contributed by atoms with Crippen molar-refractivity contribution < 1.29 is 4.79 Å². The lowest BCUT2D eigenvalue weighted by molar-refractivity contribution is 0.102. The van der Waals surface area contributed by atoms with E-state index in [-0.39, 0.29) is 11.7 Å². The van der Waals surface area contributed by atoms with Crippen LogP contribution in [-0.2, 0) is 0 Å². The molecule has 0 N–H and O–H groups in total. The molecule has 4 heteroatoms. The van der Waals surface area contributed by atoms with Crippen LogP contribution >= 0.6 is 22.9 Å². The number of Topliss-reactive ketones (excluding diaryl/α,β-unsaturated/α-hetero) is 1. The van der Waals surface area contributed by atoms with E-state index in [0.717, 1.165) is 0 Å². The van der Waals surface area contributed by atoms with Crippen molar-refractivity contribution in [1.82, 2.24) is 0 Å². The lowest BCUT2D eigenvalue weighted by Crippen LogP contribution is -1.95. The third kappa shape index (κ3) is 1.79. The van der Waals surface area contributed by atoms with E-state index in [0.29, 0.717) is 10.4 Å². The number of carbonyl (C=O) groups excluding carboxylic acids is 1. The summed E-state index contributed by atoms with van der Waals surface area (Å²) in [7, 11) is 0. The summed E-state index contributed by atoms with van der Waals surface area (Å²) in [5, 5.41) is 10.1. The van der Waals surface area contributed by atoms with E-state index in [4.69, 9.17) is 16.9 Å². The van der Waals surface area contributed by atoms with Gasteiger partial charge in [0.15, 0.2) is 5.78 Å². The summed E-state index contributed by atoms with van der Waals surface area (Å²) in [5.41, 5.74) is 0.517. The van der Waals surface area contributed by atoms with Gasteiger partial charge >= 0.3 is 0 Å². The van der Waals surface area contributed by atoms with Crippen LogP contribution in [0.3, 0.4) is 0 Å². The fourth-order valence-electron chi connectivity index (χ4n) is 0.607. The van der Waals surface area contributed by atoms with Crippen molar-refractivity contribution >= 4 is 28.7 Å². The minimum atomic E-state index is -0.127. The zero-order chi connectivity index (χ0) is 8.27.